The number of methoxy groups -OCH3 is 1. The number of carbonyl (C=O) groups is 2. The molecule has 0 aromatic carbocycles. The average Bonchev–Trinajstić information content (AvgIpc) is 3.22. The SMILES string of the molecule is CNC(=O)NC(=O)CSc1nc2sc3c(c2c(=O)n1CCCOC)CCC3. The van der Waals surface area contributed by atoms with Crippen LogP contribution >= 0.6 is 23.1 Å². The van der Waals surface area contributed by atoms with Gasteiger partial charge < -0.3 is 10.1 Å². The maximum atomic E-state index is 13.1. The summed E-state index contributed by atoms with van der Waals surface area (Å²) in [6.07, 6.45) is 3.67. The van der Waals surface area contributed by atoms with E-state index < -0.39 is 11.9 Å². The number of hydrogen-bond donors (Lipinski definition) is 2. The number of nitrogens with one attached hydrogen (secondary N) is 2. The highest BCUT2D eigenvalue weighted by molar-refractivity contribution is 7.99. The largest absolute Gasteiger partial charge is 0.385 e. The highest BCUT2D eigenvalue weighted by Gasteiger charge is 2.23. The van der Waals surface area contributed by atoms with Crippen LogP contribution in [0.25, 0.3) is 10.2 Å². The van der Waals surface area contributed by atoms with Crippen LogP contribution in [0.3, 0.4) is 0 Å². The number of amides is 3. The van der Waals surface area contributed by atoms with E-state index in [0.717, 1.165) is 46.8 Å². The quantitative estimate of drug-likeness (QED) is 0.408. The van der Waals surface area contributed by atoms with Crippen LogP contribution in [0.2, 0.25) is 0 Å². The van der Waals surface area contributed by atoms with Crippen molar-refractivity contribution in [2.24, 2.45) is 0 Å². The highest BCUT2D eigenvalue weighted by Crippen LogP contribution is 2.35. The van der Waals surface area contributed by atoms with Gasteiger partial charge in [0, 0.05) is 32.2 Å². The predicted molar refractivity (Wildman–Crippen MR) is 106 cm³/mol. The van der Waals surface area contributed by atoms with E-state index in [0.29, 0.717) is 24.7 Å². The van der Waals surface area contributed by atoms with Gasteiger partial charge in [-0.3, -0.25) is 19.5 Å². The first-order chi connectivity index (χ1) is 13.0. The summed E-state index contributed by atoms with van der Waals surface area (Å²) >= 11 is 2.73. The van der Waals surface area contributed by atoms with Gasteiger partial charge in [0.2, 0.25) is 5.91 Å². The van der Waals surface area contributed by atoms with Gasteiger partial charge in [-0.25, -0.2) is 9.78 Å². The Labute approximate surface area is 164 Å². The molecule has 0 radical (unpaired) electrons. The predicted octanol–water partition coefficient (Wildman–Crippen LogP) is 1.53. The Balaban J connectivity index is 1.90. The molecule has 1 aliphatic rings. The molecule has 1 aliphatic carbocycles. The van der Waals surface area contributed by atoms with Crippen molar-refractivity contribution in [1.29, 1.82) is 0 Å². The van der Waals surface area contributed by atoms with Crippen molar-refractivity contribution in [2.75, 3.05) is 26.5 Å². The summed E-state index contributed by atoms with van der Waals surface area (Å²) in [6.45, 7) is 1.01. The van der Waals surface area contributed by atoms with Gasteiger partial charge in [0.25, 0.3) is 5.56 Å². The molecule has 0 bridgehead atoms. The summed E-state index contributed by atoms with van der Waals surface area (Å²) in [5.74, 6) is -0.438. The van der Waals surface area contributed by atoms with Gasteiger partial charge in [-0.15, -0.1) is 11.3 Å². The second-order valence-corrected chi connectivity index (χ2v) is 8.18. The number of aryl methyl sites for hydroxylation is 2. The Kier molecular flexibility index (Phi) is 6.51. The molecular weight excluding hydrogens is 388 g/mol. The maximum absolute atomic E-state index is 13.1. The molecule has 27 heavy (non-hydrogen) atoms. The van der Waals surface area contributed by atoms with Gasteiger partial charge >= 0.3 is 6.03 Å². The summed E-state index contributed by atoms with van der Waals surface area (Å²) < 4.78 is 6.72. The normalized spacial score (nSPS) is 13.0. The van der Waals surface area contributed by atoms with Crippen LogP contribution in [-0.2, 0) is 28.9 Å². The number of thioether (sulfide) groups is 1. The number of fused-ring (bicyclic) bond motifs is 3. The Morgan fingerprint density at radius 1 is 1.37 bits per heavy atom. The number of thiophene rings is 1. The molecule has 8 nitrogen and oxygen atoms in total. The number of imide groups is 1. The Hall–Kier alpha value is -1.91. The second-order valence-electron chi connectivity index (χ2n) is 6.15. The summed E-state index contributed by atoms with van der Waals surface area (Å²) in [5, 5.41) is 5.77. The van der Waals surface area contributed by atoms with E-state index in [1.807, 2.05) is 0 Å². The lowest BCUT2D eigenvalue weighted by Gasteiger charge is -2.12. The van der Waals surface area contributed by atoms with Crippen LogP contribution in [0.4, 0.5) is 4.79 Å². The molecule has 0 spiro atoms. The molecule has 0 saturated carbocycles. The second kappa shape index (κ2) is 8.85. The number of ether oxygens (including phenoxy) is 1. The van der Waals surface area contributed by atoms with E-state index in [4.69, 9.17) is 4.74 Å². The van der Waals surface area contributed by atoms with Gasteiger partial charge in [0.05, 0.1) is 11.1 Å². The van der Waals surface area contributed by atoms with E-state index in [2.05, 4.69) is 15.6 Å². The topological polar surface area (TPSA) is 102 Å². The molecule has 10 heteroatoms. The smallest absolute Gasteiger partial charge is 0.321 e. The van der Waals surface area contributed by atoms with Crippen LogP contribution in [-0.4, -0.2) is 48.0 Å². The van der Waals surface area contributed by atoms with Gasteiger partial charge in [-0.1, -0.05) is 11.8 Å². The first-order valence-electron chi connectivity index (χ1n) is 8.73. The molecule has 146 valence electrons. The number of rotatable bonds is 7. The van der Waals surface area contributed by atoms with Crippen molar-refractivity contribution < 1.29 is 14.3 Å². The number of nitrogens with zero attached hydrogens (tertiary/aromatic N) is 2. The van der Waals surface area contributed by atoms with Gasteiger partial charge in [-0.05, 0) is 31.2 Å². The van der Waals surface area contributed by atoms with Gasteiger partial charge in [-0.2, -0.15) is 0 Å². The lowest BCUT2D eigenvalue weighted by molar-refractivity contribution is -0.117. The van der Waals surface area contributed by atoms with Crippen molar-refractivity contribution in [3.05, 3.63) is 20.8 Å². The first kappa shape index (κ1) is 19.8. The third kappa shape index (κ3) is 4.33. The molecule has 0 fully saturated rings. The van der Waals surface area contributed by atoms with E-state index in [1.54, 1.807) is 23.0 Å². The maximum Gasteiger partial charge on any atom is 0.321 e. The molecule has 2 aromatic rings. The summed E-state index contributed by atoms with van der Waals surface area (Å²) in [6, 6.07) is -0.559. The van der Waals surface area contributed by atoms with Crippen molar-refractivity contribution >= 4 is 45.3 Å². The fraction of sp³-hybridized carbons (Fsp3) is 0.529. The Bertz CT molecular complexity index is 922. The van der Waals surface area contributed by atoms with Crippen LogP contribution in [0.5, 0.6) is 0 Å². The van der Waals surface area contributed by atoms with E-state index in [9.17, 15) is 14.4 Å². The standard InChI is InChI=1S/C17H22N4O4S2/c1-18-16(24)19-12(22)9-26-17-20-14-13(10-5-3-6-11(10)27-14)15(23)21(17)7-4-8-25-2/h3-9H2,1-2H3,(H2,18,19,22,24). The Morgan fingerprint density at radius 3 is 2.93 bits per heavy atom. The third-order valence-corrected chi connectivity index (χ3v) is 6.49. The summed E-state index contributed by atoms with van der Waals surface area (Å²) in [5.41, 5.74) is 1.09. The summed E-state index contributed by atoms with van der Waals surface area (Å²) in [4.78, 5) is 42.9. The molecule has 2 heterocycles. The van der Waals surface area contributed by atoms with Crippen molar-refractivity contribution in [3.63, 3.8) is 0 Å². The van der Waals surface area contributed by atoms with Crippen LogP contribution < -0.4 is 16.2 Å². The van der Waals surface area contributed by atoms with E-state index >= 15 is 0 Å². The molecule has 0 atom stereocenters. The minimum Gasteiger partial charge on any atom is -0.385 e. The zero-order chi connectivity index (χ0) is 19.4. The van der Waals surface area contributed by atoms with Crippen LogP contribution in [0, 0.1) is 0 Å². The zero-order valence-corrected chi connectivity index (χ0v) is 16.9. The average molecular weight is 411 g/mol. The summed E-state index contributed by atoms with van der Waals surface area (Å²) in [7, 11) is 3.06. The molecule has 2 N–H and O–H groups in total. The number of aromatic nitrogens is 2. The van der Waals surface area contributed by atoms with E-state index in [-0.39, 0.29) is 11.3 Å². The minimum atomic E-state index is -0.559. The fourth-order valence-corrected chi connectivity index (χ4v) is 5.22. The molecule has 3 amide bonds. The fourth-order valence-electron chi connectivity index (χ4n) is 3.09. The molecule has 3 rings (SSSR count). The number of hydrogen-bond acceptors (Lipinski definition) is 7. The van der Waals surface area contributed by atoms with Gasteiger partial charge in [0.15, 0.2) is 5.16 Å². The molecule has 0 saturated heterocycles. The zero-order valence-electron chi connectivity index (χ0n) is 15.3. The highest BCUT2D eigenvalue weighted by atomic mass is 32.2. The Morgan fingerprint density at radius 2 is 2.19 bits per heavy atom. The molecular formula is C17H22N4O4S2. The lowest BCUT2D eigenvalue weighted by atomic mass is 10.2. The van der Waals surface area contributed by atoms with Crippen molar-refractivity contribution in [1.82, 2.24) is 20.2 Å². The molecule has 0 aliphatic heterocycles. The first-order valence-corrected chi connectivity index (χ1v) is 10.5. The van der Waals surface area contributed by atoms with Gasteiger partial charge in [0.1, 0.15) is 4.83 Å². The van der Waals surface area contributed by atoms with Crippen LogP contribution in [0.15, 0.2) is 9.95 Å². The monoisotopic (exact) mass is 410 g/mol. The lowest BCUT2D eigenvalue weighted by Crippen LogP contribution is -2.38. The minimum absolute atomic E-state index is 0.000728. The third-order valence-electron chi connectivity index (χ3n) is 4.33. The van der Waals surface area contributed by atoms with Crippen LogP contribution in [0.1, 0.15) is 23.3 Å². The number of carbonyl (C=O) groups excluding carboxylic acids is 2. The van der Waals surface area contributed by atoms with Crippen molar-refractivity contribution in [3.8, 4) is 0 Å². The van der Waals surface area contributed by atoms with E-state index in [1.165, 1.54) is 11.9 Å². The molecule has 0 unspecified atom stereocenters. The number of urea groups is 1. The molecule has 2 aromatic heterocycles. The van der Waals surface area contributed by atoms with Crippen molar-refractivity contribution in [2.45, 2.75) is 37.4 Å².